The Bertz CT molecular complexity index is 500. The van der Waals surface area contributed by atoms with E-state index >= 15 is 0 Å². The van der Waals surface area contributed by atoms with Gasteiger partial charge in [-0.15, -0.1) is 0 Å². The maximum atomic E-state index is 11.4. The fourth-order valence-corrected chi connectivity index (χ4v) is 2.76. The van der Waals surface area contributed by atoms with E-state index in [4.69, 9.17) is 4.74 Å². The fraction of sp³-hybridized carbons (Fsp3) is 0.600. The van der Waals surface area contributed by atoms with E-state index in [1.165, 1.54) is 5.56 Å². The maximum Gasteiger partial charge on any atom is 0.150 e. The van der Waals surface area contributed by atoms with Gasteiger partial charge in [0.1, 0.15) is 15.6 Å². The van der Waals surface area contributed by atoms with Gasteiger partial charge in [-0.25, -0.2) is 8.42 Å². The smallest absolute Gasteiger partial charge is 0.150 e. The molecule has 1 rings (SSSR count). The Hall–Kier alpha value is -1.07. The average Bonchev–Trinajstić information content (AvgIpc) is 2.44. The van der Waals surface area contributed by atoms with Gasteiger partial charge in [-0.05, 0) is 37.6 Å². The Morgan fingerprint density at radius 2 is 2.05 bits per heavy atom. The molecule has 114 valence electrons. The van der Waals surface area contributed by atoms with E-state index in [1.54, 1.807) is 6.92 Å². The largest absolute Gasteiger partial charge is 0.494 e. The topological polar surface area (TPSA) is 55.4 Å². The molecule has 1 unspecified atom stereocenters. The van der Waals surface area contributed by atoms with Gasteiger partial charge in [-0.1, -0.05) is 26.0 Å². The van der Waals surface area contributed by atoms with Gasteiger partial charge in [0.2, 0.25) is 0 Å². The maximum absolute atomic E-state index is 11.4. The Kier molecular flexibility index (Phi) is 7.02. The van der Waals surface area contributed by atoms with E-state index < -0.39 is 9.84 Å². The highest BCUT2D eigenvalue weighted by atomic mass is 32.2. The summed E-state index contributed by atoms with van der Waals surface area (Å²) in [6, 6.07) is 8.20. The second-order valence-corrected chi connectivity index (χ2v) is 7.26. The van der Waals surface area contributed by atoms with Crippen molar-refractivity contribution in [2.24, 2.45) is 0 Å². The SMILES string of the molecule is CCNC(C)c1cccc(OCCCS(=O)(=O)CC)c1. The van der Waals surface area contributed by atoms with Gasteiger partial charge in [0, 0.05) is 11.8 Å². The van der Waals surface area contributed by atoms with Crippen LogP contribution in [0.15, 0.2) is 24.3 Å². The van der Waals surface area contributed by atoms with Gasteiger partial charge >= 0.3 is 0 Å². The van der Waals surface area contributed by atoms with Crippen LogP contribution in [0.3, 0.4) is 0 Å². The van der Waals surface area contributed by atoms with E-state index in [9.17, 15) is 8.42 Å². The summed E-state index contributed by atoms with van der Waals surface area (Å²) >= 11 is 0. The second kappa shape index (κ2) is 8.27. The van der Waals surface area contributed by atoms with Crippen LogP contribution in [0.5, 0.6) is 5.75 Å². The molecule has 0 spiro atoms. The van der Waals surface area contributed by atoms with E-state index in [1.807, 2.05) is 18.2 Å². The van der Waals surface area contributed by atoms with Crippen LogP contribution in [-0.2, 0) is 9.84 Å². The van der Waals surface area contributed by atoms with Crippen LogP contribution in [0.4, 0.5) is 0 Å². The number of nitrogens with one attached hydrogen (secondary N) is 1. The fourth-order valence-electron chi connectivity index (χ4n) is 1.91. The van der Waals surface area contributed by atoms with Crippen molar-refractivity contribution in [2.75, 3.05) is 24.7 Å². The van der Waals surface area contributed by atoms with Crippen molar-refractivity contribution in [3.05, 3.63) is 29.8 Å². The minimum Gasteiger partial charge on any atom is -0.494 e. The van der Waals surface area contributed by atoms with E-state index in [0.717, 1.165) is 12.3 Å². The summed E-state index contributed by atoms with van der Waals surface area (Å²) in [5, 5.41) is 3.35. The van der Waals surface area contributed by atoms with Crippen molar-refractivity contribution < 1.29 is 13.2 Å². The predicted octanol–water partition coefficient (Wildman–Crippen LogP) is 2.56. The number of hydrogen-bond donors (Lipinski definition) is 1. The molecule has 20 heavy (non-hydrogen) atoms. The highest BCUT2D eigenvalue weighted by molar-refractivity contribution is 7.91. The molecular weight excluding hydrogens is 274 g/mol. The highest BCUT2D eigenvalue weighted by Crippen LogP contribution is 2.19. The van der Waals surface area contributed by atoms with Crippen molar-refractivity contribution in [1.82, 2.24) is 5.32 Å². The molecule has 5 heteroatoms. The normalized spacial score (nSPS) is 13.2. The minimum absolute atomic E-state index is 0.191. The Labute approximate surface area is 122 Å². The van der Waals surface area contributed by atoms with Gasteiger partial charge in [0.25, 0.3) is 0 Å². The summed E-state index contributed by atoms with van der Waals surface area (Å²) in [5.41, 5.74) is 1.17. The van der Waals surface area contributed by atoms with Crippen molar-refractivity contribution in [2.45, 2.75) is 33.2 Å². The molecule has 0 aliphatic carbocycles. The lowest BCUT2D eigenvalue weighted by Gasteiger charge is -2.14. The summed E-state index contributed by atoms with van der Waals surface area (Å²) in [6.45, 7) is 7.20. The first-order valence-corrected chi connectivity index (χ1v) is 8.97. The van der Waals surface area contributed by atoms with E-state index in [0.29, 0.717) is 13.0 Å². The molecule has 0 amide bonds. The monoisotopic (exact) mass is 299 g/mol. The first kappa shape index (κ1) is 17.0. The molecule has 1 aromatic carbocycles. The number of hydrogen-bond acceptors (Lipinski definition) is 4. The molecule has 0 fully saturated rings. The Balaban J connectivity index is 2.47. The zero-order chi connectivity index (χ0) is 15.0. The highest BCUT2D eigenvalue weighted by Gasteiger charge is 2.07. The zero-order valence-electron chi connectivity index (χ0n) is 12.6. The predicted molar refractivity (Wildman–Crippen MR) is 83.0 cm³/mol. The van der Waals surface area contributed by atoms with Crippen LogP contribution in [0.2, 0.25) is 0 Å². The second-order valence-electron chi connectivity index (χ2n) is 4.79. The van der Waals surface area contributed by atoms with Crippen LogP contribution in [0.1, 0.15) is 38.8 Å². The van der Waals surface area contributed by atoms with Crippen LogP contribution < -0.4 is 10.1 Å². The summed E-state index contributed by atoms with van der Waals surface area (Å²) in [5.74, 6) is 1.18. The molecule has 0 bridgehead atoms. The molecule has 0 aliphatic heterocycles. The number of benzene rings is 1. The summed E-state index contributed by atoms with van der Waals surface area (Å²) in [4.78, 5) is 0. The molecule has 0 saturated heterocycles. The van der Waals surface area contributed by atoms with Crippen LogP contribution in [0.25, 0.3) is 0 Å². The third kappa shape index (κ3) is 5.92. The Morgan fingerprint density at radius 1 is 1.30 bits per heavy atom. The lowest BCUT2D eigenvalue weighted by atomic mass is 10.1. The third-order valence-corrected chi connectivity index (χ3v) is 4.97. The van der Waals surface area contributed by atoms with E-state index in [2.05, 4.69) is 25.2 Å². The van der Waals surface area contributed by atoms with Crippen LogP contribution >= 0.6 is 0 Å². The van der Waals surface area contributed by atoms with E-state index in [-0.39, 0.29) is 17.5 Å². The molecule has 1 N–H and O–H groups in total. The molecular formula is C15H25NO3S. The van der Waals surface area contributed by atoms with Gasteiger partial charge in [0.05, 0.1) is 12.4 Å². The Morgan fingerprint density at radius 3 is 2.70 bits per heavy atom. The molecule has 4 nitrogen and oxygen atoms in total. The molecule has 0 aliphatic rings. The quantitative estimate of drug-likeness (QED) is 0.712. The molecule has 0 radical (unpaired) electrons. The minimum atomic E-state index is -2.89. The van der Waals surface area contributed by atoms with Crippen molar-refractivity contribution in [1.29, 1.82) is 0 Å². The van der Waals surface area contributed by atoms with Gasteiger partial charge in [-0.2, -0.15) is 0 Å². The molecule has 0 heterocycles. The molecule has 1 atom stereocenters. The number of ether oxygens (including phenoxy) is 1. The molecule has 0 aromatic heterocycles. The van der Waals surface area contributed by atoms with Crippen molar-refractivity contribution in [3.63, 3.8) is 0 Å². The van der Waals surface area contributed by atoms with Crippen LogP contribution in [-0.4, -0.2) is 33.1 Å². The van der Waals surface area contributed by atoms with Gasteiger partial charge < -0.3 is 10.1 Å². The van der Waals surface area contributed by atoms with Crippen LogP contribution in [0, 0.1) is 0 Å². The van der Waals surface area contributed by atoms with Gasteiger partial charge in [-0.3, -0.25) is 0 Å². The van der Waals surface area contributed by atoms with Gasteiger partial charge in [0.15, 0.2) is 0 Å². The molecule has 1 aromatic rings. The van der Waals surface area contributed by atoms with Crippen molar-refractivity contribution in [3.8, 4) is 5.75 Å². The first-order chi connectivity index (χ1) is 9.48. The number of rotatable bonds is 9. The summed E-state index contributed by atoms with van der Waals surface area (Å²) in [6.07, 6.45) is 0.531. The lowest BCUT2D eigenvalue weighted by molar-refractivity contribution is 0.317. The number of sulfone groups is 1. The first-order valence-electron chi connectivity index (χ1n) is 7.15. The molecule has 0 saturated carbocycles. The zero-order valence-corrected chi connectivity index (χ0v) is 13.4. The summed E-state index contributed by atoms with van der Waals surface area (Å²) < 4.78 is 28.3. The standard InChI is InChI=1S/C15H25NO3S/c1-4-16-13(3)14-8-6-9-15(12-14)19-10-7-11-20(17,18)5-2/h6,8-9,12-13,16H,4-5,7,10-11H2,1-3H3. The lowest BCUT2D eigenvalue weighted by Crippen LogP contribution is -2.17. The van der Waals surface area contributed by atoms with Crippen molar-refractivity contribution >= 4 is 9.84 Å². The summed E-state index contributed by atoms with van der Waals surface area (Å²) in [7, 11) is -2.89. The average molecular weight is 299 g/mol. The third-order valence-electron chi connectivity index (χ3n) is 3.18.